The van der Waals surface area contributed by atoms with E-state index >= 15 is 0 Å². The first-order chi connectivity index (χ1) is 15.7. The molecule has 1 aromatic heterocycles. The van der Waals surface area contributed by atoms with Crippen molar-refractivity contribution in [2.45, 2.75) is 62.4 Å². The van der Waals surface area contributed by atoms with Crippen molar-refractivity contribution in [2.75, 3.05) is 13.1 Å². The van der Waals surface area contributed by atoms with Crippen molar-refractivity contribution in [3.05, 3.63) is 52.9 Å². The molecule has 0 aliphatic carbocycles. The molecule has 2 amide bonds. The minimum Gasteiger partial charge on any atom is -0.341 e. The van der Waals surface area contributed by atoms with Gasteiger partial charge < -0.3 is 9.80 Å². The molecule has 9 heteroatoms. The first-order valence-corrected chi connectivity index (χ1v) is 13.8. The van der Waals surface area contributed by atoms with Gasteiger partial charge in [-0.05, 0) is 41.3 Å². The van der Waals surface area contributed by atoms with Crippen molar-refractivity contribution in [1.82, 2.24) is 14.5 Å². The number of piperidine rings is 1. The van der Waals surface area contributed by atoms with Crippen molar-refractivity contribution in [3.8, 4) is 0 Å². The summed E-state index contributed by atoms with van der Waals surface area (Å²) in [4.78, 5) is 30.1. The Kier molecular flexibility index (Phi) is 7.21. The van der Waals surface area contributed by atoms with E-state index in [-0.39, 0.29) is 23.8 Å². The number of likely N-dealkylation sites (tertiary alicyclic amines) is 1. The minimum atomic E-state index is -3.53. The number of rotatable bonds is 6. The Morgan fingerprint density at radius 1 is 1.09 bits per heavy atom. The summed E-state index contributed by atoms with van der Waals surface area (Å²) in [5.41, 5.74) is 2.21. The maximum atomic E-state index is 13.5. The normalized spacial score (nSPS) is 19.5. The van der Waals surface area contributed by atoms with Crippen LogP contribution in [0.25, 0.3) is 0 Å². The largest absolute Gasteiger partial charge is 0.341 e. The van der Waals surface area contributed by atoms with Crippen molar-refractivity contribution >= 4 is 33.2 Å². The number of thiophene rings is 1. The molecule has 2 aliphatic rings. The van der Waals surface area contributed by atoms with E-state index in [2.05, 4.69) is 4.72 Å². The molecular formula is C24H31N3O4S2. The Balaban J connectivity index is 1.43. The van der Waals surface area contributed by atoms with Gasteiger partial charge in [0.05, 0.1) is 0 Å². The molecule has 4 rings (SSSR count). The van der Waals surface area contributed by atoms with Crippen LogP contribution < -0.4 is 4.72 Å². The van der Waals surface area contributed by atoms with Gasteiger partial charge in [0.2, 0.25) is 21.8 Å². The number of sulfonamides is 1. The summed E-state index contributed by atoms with van der Waals surface area (Å²) in [5, 5.41) is 1.74. The van der Waals surface area contributed by atoms with E-state index in [0.717, 1.165) is 11.1 Å². The summed E-state index contributed by atoms with van der Waals surface area (Å²) < 4.78 is 28.1. The standard InChI is InChI=1S/C24H31N3O4S2/c1-17(2)14-22(28)27-16-19-7-4-3-6-18(19)15-21(27)24(29)26-11-9-20(10-12-26)25-33(30,31)23-8-5-13-32-23/h3-8,13,17,20-21,25H,9-12,14-16H2,1-2H3. The zero-order valence-electron chi connectivity index (χ0n) is 19.1. The first kappa shape index (κ1) is 23.9. The highest BCUT2D eigenvalue weighted by Gasteiger charge is 2.38. The zero-order valence-corrected chi connectivity index (χ0v) is 20.7. The van der Waals surface area contributed by atoms with E-state index in [1.54, 1.807) is 27.3 Å². The van der Waals surface area contributed by atoms with E-state index in [0.29, 0.717) is 49.5 Å². The Bertz CT molecular complexity index is 1090. The van der Waals surface area contributed by atoms with E-state index < -0.39 is 16.1 Å². The number of nitrogens with one attached hydrogen (secondary N) is 1. The topological polar surface area (TPSA) is 86.8 Å². The molecule has 1 unspecified atom stereocenters. The number of benzene rings is 1. The lowest BCUT2D eigenvalue weighted by atomic mass is 9.91. The van der Waals surface area contributed by atoms with Crippen molar-refractivity contribution in [3.63, 3.8) is 0 Å². The van der Waals surface area contributed by atoms with Crippen LogP contribution in [-0.2, 0) is 32.6 Å². The smallest absolute Gasteiger partial charge is 0.250 e. The molecule has 3 heterocycles. The van der Waals surface area contributed by atoms with Gasteiger partial charge in [0.1, 0.15) is 10.3 Å². The summed E-state index contributed by atoms with van der Waals surface area (Å²) >= 11 is 1.19. The third kappa shape index (κ3) is 5.47. The molecule has 178 valence electrons. The fourth-order valence-corrected chi connectivity index (χ4v) is 6.91. The predicted octanol–water partition coefficient (Wildman–Crippen LogP) is 3.02. The Hall–Kier alpha value is -2.23. The summed E-state index contributed by atoms with van der Waals surface area (Å²) in [7, 11) is -3.53. The predicted molar refractivity (Wildman–Crippen MR) is 128 cm³/mol. The van der Waals surface area contributed by atoms with Gasteiger partial charge in [-0.15, -0.1) is 11.3 Å². The molecule has 2 aliphatic heterocycles. The molecule has 0 saturated carbocycles. The lowest BCUT2D eigenvalue weighted by Gasteiger charge is -2.41. The SMILES string of the molecule is CC(C)CC(=O)N1Cc2ccccc2CC1C(=O)N1CCC(NS(=O)(=O)c2cccs2)CC1. The molecule has 1 N–H and O–H groups in total. The van der Waals surface area contributed by atoms with Gasteiger partial charge in [-0.3, -0.25) is 9.59 Å². The number of fused-ring (bicyclic) bond motifs is 1. The van der Waals surface area contributed by atoms with E-state index in [1.807, 2.05) is 38.1 Å². The molecule has 7 nitrogen and oxygen atoms in total. The average molecular weight is 490 g/mol. The zero-order chi connectivity index (χ0) is 23.6. The monoisotopic (exact) mass is 489 g/mol. The quantitative estimate of drug-likeness (QED) is 0.676. The number of amides is 2. The van der Waals surface area contributed by atoms with Crippen molar-refractivity contribution < 1.29 is 18.0 Å². The fourth-order valence-electron chi connectivity index (χ4n) is 4.59. The molecule has 33 heavy (non-hydrogen) atoms. The lowest BCUT2D eigenvalue weighted by Crippen LogP contribution is -2.56. The van der Waals surface area contributed by atoms with Crippen LogP contribution in [0.1, 0.15) is 44.2 Å². The van der Waals surface area contributed by atoms with Crippen molar-refractivity contribution in [1.29, 1.82) is 0 Å². The molecule has 1 aromatic carbocycles. The molecular weight excluding hydrogens is 458 g/mol. The van der Waals surface area contributed by atoms with E-state index in [4.69, 9.17) is 0 Å². The maximum absolute atomic E-state index is 13.5. The van der Waals surface area contributed by atoms with Crippen LogP contribution in [0.5, 0.6) is 0 Å². The van der Waals surface area contributed by atoms with Gasteiger partial charge in [-0.25, -0.2) is 13.1 Å². The van der Waals surface area contributed by atoms with Crippen molar-refractivity contribution in [2.24, 2.45) is 5.92 Å². The number of hydrogen-bond donors (Lipinski definition) is 1. The Morgan fingerprint density at radius 3 is 2.42 bits per heavy atom. The molecule has 1 fully saturated rings. The number of carbonyl (C=O) groups excluding carboxylic acids is 2. The average Bonchev–Trinajstić information content (AvgIpc) is 3.34. The second kappa shape index (κ2) is 9.95. The first-order valence-electron chi connectivity index (χ1n) is 11.5. The summed E-state index contributed by atoms with van der Waals surface area (Å²) in [5.74, 6) is 0.190. The second-order valence-corrected chi connectivity index (χ2v) is 12.1. The Morgan fingerprint density at radius 2 is 1.79 bits per heavy atom. The Labute approximate surface area is 199 Å². The molecule has 0 radical (unpaired) electrons. The maximum Gasteiger partial charge on any atom is 0.250 e. The van der Waals surface area contributed by atoms with Crippen LogP contribution in [0, 0.1) is 5.92 Å². The fraction of sp³-hybridized carbons (Fsp3) is 0.500. The second-order valence-electron chi connectivity index (χ2n) is 9.26. The van der Waals surface area contributed by atoms with Gasteiger partial charge in [-0.2, -0.15) is 0 Å². The highest BCUT2D eigenvalue weighted by molar-refractivity contribution is 7.91. The highest BCUT2D eigenvalue weighted by Crippen LogP contribution is 2.27. The summed E-state index contributed by atoms with van der Waals surface area (Å²) in [6.45, 7) is 5.42. The van der Waals surface area contributed by atoms with Crippen LogP contribution in [0.15, 0.2) is 46.0 Å². The van der Waals surface area contributed by atoms with Gasteiger partial charge in [0.15, 0.2) is 0 Å². The minimum absolute atomic E-state index is 0.0106. The van der Waals surface area contributed by atoms with Crippen LogP contribution in [0.2, 0.25) is 0 Å². The van der Waals surface area contributed by atoms with Gasteiger partial charge in [0, 0.05) is 38.5 Å². The van der Waals surface area contributed by atoms with Crippen LogP contribution >= 0.6 is 11.3 Å². The molecule has 0 bridgehead atoms. The number of carbonyl (C=O) groups is 2. The number of hydrogen-bond acceptors (Lipinski definition) is 5. The molecule has 1 saturated heterocycles. The molecule has 1 atom stereocenters. The third-order valence-corrected chi connectivity index (χ3v) is 9.24. The third-order valence-electron chi connectivity index (χ3n) is 6.33. The lowest BCUT2D eigenvalue weighted by molar-refractivity contribution is -0.148. The number of nitrogens with zero attached hydrogens (tertiary/aromatic N) is 2. The highest BCUT2D eigenvalue weighted by atomic mass is 32.2. The van der Waals surface area contributed by atoms with Gasteiger partial charge >= 0.3 is 0 Å². The van der Waals surface area contributed by atoms with E-state index in [9.17, 15) is 18.0 Å². The van der Waals surface area contributed by atoms with Crippen LogP contribution in [-0.4, -0.2) is 55.2 Å². The molecule has 2 aromatic rings. The molecule has 0 spiro atoms. The van der Waals surface area contributed by atoms with Gasteiger partial charge in [-0.1, -0.05) is 44.2 Å². The van der Waals surface area contributed by atoms with Crippen LogP contribution in [0.3, 0.4) is 0 Å². The van der Waals surface area contributed by atoms with Gasteiger partial charge in [0.25, 0.3) is 0 Å². The summed E-state index contributed by atoms with van der Waals surface area (Å²) in [6, 6.07) is 10.6. The van der Waals surface area contributed by atoms with Crippen LogP contribution in [0.4, 0.5) is 0 Å². The summed E-state index contributed by atoms with van der Waals surface area (Å²) in [6.07, 6.45) is 2.04. The van der Waals surface area contributed by atoms with E-state index in [1.165, 1.54) is 11.3 Å².